The highest BCUT2D eigenvalue weighted by atomic mass is 16.5. The molecule has 0 spiro atoms. The molecule has 3 rings (SSSR count). The number of aromatic nitrogens is 2. The molecule has 100 valence electrons. The second-order valence-electron chi connectivity index (χ2n) is 4.43. The fraction of sp³-hybridized carbons (Fsp3) is 0.0667. The summed E-state index contributed by atoms with van der Waals surface area (Å²) in [6.45, 7) is 0. The van der Waals surface area contributed by atoms with E-state index in [1.54, 1.807) is 7.11 Å². The number of nitrogens with one attached hydrogen (secondary N) is 1. The minimum atomic E-state index is -0.539. The molecule has 5 heteroatoms. The Kier molecular flexibility index (Phi) is 2.87. The maximum absolute atomic E-state index is 11.3. The molecule has 20 heavy (non-hydrogen) atoms. The van der Waals surface area contributed by atoms with Gasteiger partial charge in [-0.2, -0.15) is 5.10 Å². The standard InChI is InChI=1S/C15H13N3O2/c1-20-11-5-2-9(3-6-11)10-4-7-13-12(8-10)14(15(16)19)18-17-13/h2-8H,1H3,(H2,16,19)(H,17,18). The van der Waals surface area contributed by atoms with Gasteiger partial charge in [-0.1, -0.05) is 18.2 Å². The van der Waals surface area contributed by atoms with Gasteiger partial charge >= 0.3 is 0 Å². The first-order chi connectivity index (χ1) is 9.69. The van der Waals surface area contributed by atoms with Crippen LogP contribution in [0.3, 0.4) is 0 Å². The predicted octanol–water partition coefficient (Wildman–Crippen LogP) is 2.34. The van der Waals surface area contributed by atoms with Crippen molar-refractivity contribution >= 4 is 16.8 Å². The lowest BCUT2D eigenvalue weighted by molar-refractivity contribution is 0.0997. The number of H-pyrrole nitrogens is 1. The molecule has 1 heterocycles. The molecule has 0 aliphatic heterocycles. The summed E-state index contributed by atoms with van der Waals surface area (Å²) in [4.78, 5) is 11.3. The van der Waals surface area contributed by atoms with Gasteiger partial charge in [0, 0.05) is 5.39 Å². The van der Waals surface area contributed by atoms with Crippen LogP contribution in [0.4, 0.5) is 0 Å². The largest absolute Gasteiger partial charge is 0.497 e. The molecule has 0 unspecified atom stereocenters. The number of ether oxygens (including phenoxy) is 1. The van der Waals surface area contributed by atoms with Gasteiger partial charge in [0.25, 0.3) is 5.91 Å². The SMILES string of the molecule is COc1ccc(-c2ccc3[nH]nc(C(N)=O)c3c2)cc1. The first kappa shape index (κ1) is 12.2. The number of hydrogen-bond acceptors (Lipinski definition) is 3. The third-order valence-corrected chi connectivity index (χ3v) is 3.22. The molecule has 1 amide bonds. The van der Waals surface area contributed by atoms with Gasteiger partial charge < -0.3 is 10.5 Å². The van der Waals surface area contributed by atoms with Crippen molar-refractivity contribution in [3.8, 4) is 16.9 Å². The molecule has 2 aromatic carbocycles. The third kappa shape index (κ3) is 1.99. The van der Waals surface area contributed by atoms with Crippen molar-refractivity contribution in [1.82, 2.24) is 10.2 Å². The summed E-state index contributed by atoms with van der Waals surface area (Å²) in [5, 5.41) is 7.46. The number of nitrogens with zero attached hydrogens (tertiary/aromatic N) is 1. The molecular weight excluding hydrogens is 254 g/mol. The van der Waals surface area contributed by atoms with Gasteiger partial charge in [-0.05, 0) is 35.4 Å². The Morgan fingerprint density at radius 3 is 2.50 bits per heavy atom. The molecule has 0 aliphatic rings. The smallest absolute Gasteiger partial charge is 0.269 e. The van der Waals surface area contributed by atoms with Gasteiger partial charge in [0.05, 0.1) is 12.6 Å². The van der Waals surface area contributed by atoms with E-state index < -0.39 is 5.91 Å². The van der Waals surface area contributed by atoms with E-state index in [0.29, 0.717) is 0 Å². The lowest BCUT2D eigenvalue weighted by atomic mass is 10.0. The van der Waals surface area contributed by atoms with Crippen LogP contribution in [0.5, 0.6) is 5.75 Å². The van der Waals surface area contributed by atoms with Gasteiger partial charge in [-0.15, -0.1) is 0 Å². The Bertz CT molecular complexity index is 775. The number of nitrogens with two attached hydrogens (primary N) is 1. The maximum Gasteiger partial charge on any atom is 0.269 e. The molecule has 3 N–H and O–H groups in total. The van der Waals surface area contributed by atoms with E-state index in [1.165, 1.54) is 0 Å². The number of carbonyl (C=O) groups excluding carboxylic acids is 1. The van der Waals surface area contributed by atoms with Crippen LogP contribution in [-0.4, -0.2) is 23.2 Å². The first-order valence-electron chi connectivity index (χ1n) is 6.11. The van der Waals surface area contributed by atoms with Crippen LogP contribution >= 0.6 is 0 Å². The average molecular weight is 267 g/mol. The van der Waals surface area contributed by atoms with Crippen LogP contribution in [0, 0.1) is 0 Å². The summed E-state index contributed by atoms with van der Waals surface area (Å²) in [7, 11) is 1.63. The topological polar surface area (TPSA) is 81.0 Å². The molecule has 0 fully saturated rings. The molecule has 0 bridgehead atoms. The van der Waals surface area contributed by atoms with E-state index in [1.807, 2.05) is 42.5 Å². The number of fused-ring (bicyclic) bond motifs is 1. The highest BCUT2D eigenvalue weighted by molar-refractivity contribution is 6.04. The van der Waals surface area contributed by atoms with Crippen molar-refractivity contribution in [1.29, 1.82) is 0 Å². The van der Waals surface area contributed by atoms with Crippen molar-refractivity contribution < 1.29 is 9.53 Å². The van der Waals surface area contributed by atoms with Crippen LogP contribution in [0.2, 0.25) is 0 Å². The Labute approximate surface area is 115 Å². The lowest BCUT2D eigenvalue weighted by Gasteiger charge is -2.04. The Hall–Kier alpha value is -2.82. The van der Waals surface area contributed by atoms with E-state index in [4.69, 9.17) is 10.5 Å². The van der Waals surface area contributed by atoms with Gasteiger partial charge in [0.2, 0.25) is 0 Å². The van der Waals surface area contributed by atoms with Crippen molar-refractivity contribution in [3.63, 3.8) is 0 Å². The highest BCUT2D eigenvalue weighted by Gasteiger charge is 2.11. The van der Waals surface area contributed by atoms with E-state index >= 15 is 0 Å². The van der Waals surface area contributed by atoms with E-state index in [-0.39, 0.29) is 5.69 Å². The van der Waals surface area contributed by atoms with Crippen LogP contribution in [-0.2, 0) is 0 Å². The summed E-state index contributed by atoms with van der Waals surface area (Å²) in [6.07, 6.45) is 0. The van der Waals surface area contributed by atoms with Crippen molar-refractivity contribution in [2.45, 2.75) is 0 Å². The maximum atomic E-state index is 11.3. The number of primary amides is 1. The molecule has 0 radical (unpaired) electrons. The minimum absolute atomic E-state index is 0.260. The number of rotatable bonds is 3. The number of methoxy groups -OCH3 is 1. The molecule has 5 nitrogen and oxygen atoms in total. The summed E-state index contributed by atoms with van der Waals surface area (Å²) in [5.74, 6) is 0.263. The summed E-state index contributed by atoms with van der Waals surface area (Å²) in [5.41, 5.74) is 8.38. The lowest BCUT2D eigenvalue weighted by Crippen LogP contribution is -2.11. The second kappa shape index (κ2) is 4.70. The molecular formula is C15H13N3O2. The molecule has 0 atom stereocenters. The second-order valence-corrected chi connectivity index (χ2v) is 4.43. The minimum Gasteiger partial charge on any atom is -0.497 e. The van der Waals surface area contributed by atoms with E-state index in [0.717, 1.165) is 27.8 Å². The fourth-order valence-corrected chi connectivity index (χ4v) is 2.16. The van der Waals surface area contributed by atoms with Crippen molar-refractivity contribution in [2.75, 3.05) is 7.11 Å². The van der Waals surface area contributed by atoms with Crippen molar-refractivity contribution in [3.05, 3.63) is 48.2 Å². The summed E-state index contributed by atoms with van der Waals surface area (Å²) in [6, 6.07) is 13.5. The molecule has 0 aliphatic carbocycles. The number of aromatic amines is 1. The number of carbonyl (C=O) groups is 1. The normalized spacial score (nSPS) is 10.7. The zero-order chi connectivity index (χ0) is 14.1. The molecule has 1 aromatic heterocycles. The predicted molar refractivity (Wildman–Crippen MR) is 76.6 cm³/mol. The summed E-state index contributed by atoms with van der Waals surface area (Å²) < 4.78 is 5.14. The average Bonchev–Trinajstić information content (AvgIpc) is 2.90. The van der Waals surface area contributed by atoms with Crippen LogP contribution < -0.4 is 10.5 Å². The van der Waals surface area contributed by atoms with E-state index in [2.05, 4.69) is 10.2 Å². The molecule has 3 aromatic rings. The van der Waals surface area contributed by atoms with Gasteiger partial charge in [-0.25, -0.2) is 0 Å². The highest BCUT2D eigenvalue weighted by Crippen LogP contribution is 2.26. The van der Waals surface area contributed by atoms with Gasteiger partial charge in [-0.3, -0.25) is 9.89 Å². The van der Waals surface area contributed by atoms with Crippen molar-refractivity contribution in [2.24, 2.45) is 5.73 Å². The zero-order valence-corrected chi connectivity index (χ0v) is 10.9. The van der Waals surface area contributed by atoms with Gasteiger partial charge in [0.15, 0.2) is 5.69 Å². The number of amides is 1. The van der Waals surface area contributed by atoms with Crippen LogP contribution in [0.25, 0.3) is 22.0 Å². The van der Waals surface area contributed by atoms with Gasteiger partial charge in [0.1, 0.15) is 5.75 Å². The monoisotopic (exact) mass is 267 g/mol. The van der Waals surface area contributed by atoms with Crippen LogP contribution in [0.15, 0.2) is 42.5 Å². The number of hydrogen-bond donors (Lipinski definition) is 2. The van der Waals surface area contributed by atoms with E-state index in [9.17, 15) is 4.79 Å². The molecule has 0 saturated heterocycles. The third-order valence-electron chi connectivity index (χ3n) is 3.22. The zero-order valence-electron chi connectivity index (χ0n) is 10.9. The Balaban J connectivity index is 2.11. The quantitative estimate of drug-likeness (QED) is 0.764. The number of benzene rings is 2. The van der Waals surface area contributed by atoms with Crippen LogP contribution in [0.1, 0.15) is 10.5 Å². The first-order valence-corrected chi connectivity index (χ1v) is 6.11. The fourth-order valence-electron chi connectivity index (χ4n) is 2.16. The summed E-state index contributed by atoms with van der Waals surface area (Å²) >= 11 is 0. The Morgan fingerprint density at radius 2 is 1.85 bits per heavy atom. The Morgan fingerprint density at radius 1 is 1.15 bits per heavy atom. The molecule has 0 saturated carbocycles.